The summed E-state index contributed by atoms with van der Waals surface area (Å²) in [6.07, 6.45) is 1.40. The van der Waals surface area contributed by atoms with Gasteiger partial charge in [-0.1, -0.05) is 25.4 Å². The molecule has 1 rings (SSSR count). The highest BCUT2D eigenvalue weighted by molar-refractivity contribution is 6.29. The van der Waals surface area contributed by atoms with E-state index in [2.05, 4.69) is 29.0 Å². The number of nitrogen functional groups attached to an aromatic ring is 1. The van der Waals surface area contributed by atoms with Crippen LogP contribution in [0.1, 0.15) is 31.1 Å². The third-order valence-electron chi connectivity index (χ3n) is 2.95. The summed E-state index contributed by atoms with van der Waals surface area (Å²) in [6, 6.07) is 1.52. The van der Waals surface area contributed by atoms with Gasteiger partial charge >= 0.3 is 0 Å². The molecular weight excluding hydrogens is 264 g/mol. The molecule has 0 fully saturated rings. The molecule has 0 aromatic carbocycles. The Morgan fingerprint density at radius 1 is 1.53 bits per heavy atom. The van der Waals surface area contributed by atoms with Crippen molar-refractivity contribution in [2.24, 2.45) is 0 Å². The fourth-order valence-corrected chi connectivity index (χ4v) is 2.01. The number of amides is 1. The maximum Gasteiger partial charge on any atom is 0.253 e. The minimum atomic E-state index is -0.221. The average molecular weight is 285 g/mol. The fourth-order valence-electron chi connectivity index (χ4n) is 1.85. The molecular formula is C13H21ClN4O. The lowest BCUT2D eigenvalue weighted by atomic mass is 10.2. The van der Waals surface area contributed by atoms with Crippen LogP contribution in [0.2, 0.25) is 5.15 Å². The van der Waals surface area contributed by atoms with Gasteiger partial charge < -0.3 is 16.0 Å². The summed E-state index contributed by atoms with van der Waals surface area (Å²) in [6.45, 7) is 8.88. The van der Waals surface area contributed by atoms with E-state index in [9.17, 15) is 4.79 Å². The lowest BCUT2D eigenvalue weighted by molar-refractivity contribution is 0.0931. The van der Waals surface area contributed by atoms with Gasteiger partial charge in [-0.3, -0.25) is 4.79 Å². The summed E-state index contributed by atoms with van der Waals surface area (Å²) in [5, 5.41) is 3.18. The van der Waals surface area contributed by atoms with E-state index in [0.29, 0.717) is 11.3 Å². The van der Waals surface area contributed by atoms with Gasteiger partial charge in [0.2, 0.25) is 0 Å². The van der Waals surface area contributed by atoms with E-state index < -0.39 is 0 Å². The lowest BCUT2D eigenvalue weighted by Crippen LogP contribution is -2.42. The van der Waals surface area contributed by atoms with E-state index >= 15 is 0 Å². The standard InChI is InChI=1S/C13H21ClN4O/c1-4-18(5-2)8-9(3)17-13(19)10-6-12(14)16-7-11(10)15/h6-7,9H,4-5,8,15H2,1-3H3,(H,17,19). The predicted octanol–water partition coefficient (Wildman–Crippen LogP) is 1.78. The summed E-state index contributed by atoms with van der Waals surface area (Å²) < 4.78 is 0. The monoisotopic (exact) mass is 284 g/mol. The molecule has 5 nitrogen and oxygen atoms in total. The zero-order valence-corrected chi connectivity index (χ0v) is 12.4. The first-order valence-electron chi connectivity index (χ1n) is 6.42. The molecule has 1 unspecified atom stereocenters. The third-order valence-corrected chi connectivity index (χ3v) is 3.16. The zero-order valence-electron chi connectivity index (χ0n) is 11.6. The Balaban J connectivity index is 2.66. The summed E-state index contributed by atoms with van der Waals surface area (Å²) in [5.74, 6) is -0.221. The molecule has 0 aliphatic carbocycles. The number of pyridine rings is 1. The number of likely N-dealkylation sites (N-methyl/N-ethyl adjacent to an activating group) is 1. The van der Waals surface area contributed by atoms with Crippen molar-refractivity contribution in [2.45, 2.75) is 26.8 Å². The van der Waals surface area contributed by atoms with Crippen LogP contribution in [-0.2, 0) is 0 Å². The van der Waals surface area contributed by atoms with Crippen molar-refractivity contribution in [3.63, 3.8) is 0 Å². The van der Waals surface area contributed by atoms with Crippen molar-refractivity contribution < 1.29 is 4.79 Å². The van der Waals surface area contributed by atoms with Gasteiger partial charge in [0.15, 0.2) is 0 Å². The van der Waals surface area contributed by atoms with Crippen LogP contribution in [0.15, 0.2) is 12.3 Å². The minimum Gasteiger partial charge on any atom is -0.397 e. The fraction of sp³-hybridized carbons (Fsp3) is 0.538. The number of nitrogens with one attached hydrogen (secondary N) is 1. The second kappa shape index (κ2) is 7.31. The second-order valence-electron chi connectivity index (χ2n) is 4.45. The van der Waals surface area contributed by atoms with Crippen molar-refractivity contribution >= 4 is 23.2 Å². The molecule has 6 heteroatoms. The predicted molar refractivity (Wildman–Crippen MR) is 78.4 cm³/mol. The molecule has 3 N–H and O–H groups in total. The molecule has 1 aromatic heterocycles. The van der Waals surface area contributed by atoms with Gasteiger partial charge in [-0.05, 0) is 26.1 Å². The van der Waals surface area contributed by atoms with E-state index in [1.165, 1.54) is 12.3 Å². The van der Waals surface area contributed by atoms with E-state index in [1.807, 2.05) is 6.92 Å². The van der Waals surface area contributed by atoms with Crippen molar-refractivity contribution in [3.8, 4) is 0 Å². The van der Waals surface area contributed by atoms with Gasteiger partial charge in [-0.25, -0.2) is 4.98 Å². The zero-order chi connectivity index (χ0) is 14.4. The molecule has 1 heterocycles. The van der Waals surface area contributed by atoms with Gasteiger partial charge in [0, 0.05) is 12.6 Å². The Kier molecular flexibility index (Phi) is 6.05. The van der Waals surface area contributed by atoms with Crippen LogP contribution in [0.3, 0.4) is 0 Å². The molecule has 0 saturated heterocycles. The first kappa shape index (κ1) is 15.7. The number of nitrogens with two attached hydrogens (primary N) is 1. The maximum atomic E-state index is 12.1. The molecule has 0 aliphatic heterocycles. The number of nitrogens with zero attached hydrogens (tertiary/aromatic N) is 2. The molecule has 1 aromatic rings. The smallest absolute Gasteiger partial charge is 0.253 e. The maximum absolute atomic E-state index is 12.1. The molecule has 19 heavy (non-hydrogen) atoms. The highest BCUT2D eigenvalue weighted by atomic mass is 35.5. The quantitative estimate of drug-likeness (QED) is 0.781. The van der Waals surface area contributed by atoms with Crippen LogP contribution in [0.4, 0.5) is 5.69 Å². The third kappa shape index (κ3) is 4.69. The molecule has 0 bridgehead atoms. The van der Waals surface area contributed by atoms with Crippen LogP contribution in [0.5, 0.6) is 0 Å². The minimum absolute atomic E-state index is 0.0405. The number of carbonyl (C=O) groups excluding carboxylic acids is 1. The number of halogens is 1. The van der Waals surface area contributed by atoms with Gasteiger partial charge in [0.1, 0.15) is 5.15 Å². The van der Waals surface area contributed by atoms with E-state index in [-0.39, 0.29) is 17.1 Å². The number of rotatable bonds is 6. The number of carbonyl (C=O) groups is 1. The van der Waals surface area contributed by atoms with E-state index in [4.69, 9.17) is 17.3 Å². The Morgan fingerprint density at radius 3 is 2.74 bits per heavy atom. The van der Waals surface area contributed by atoms with Crippen LogP contribution >= 0.6 is 11.6 Å². The van der Waals surface area contributed by atoms with E-state index in [0.717, 1.165) is 19.6 Å². The van der Waals surface area contributed by atoms with Gasteiger partial charge in [0.25, 0.3) is 5.91 Å². The normalized spacial score (nSPS) is 12.5. The largest absolute Gasteiger partial charge is 0.397 e. The van der Waals surface area contributed by atoms with Crippen molar-refractivity contribution in [2.75, 3.05) is 25.4 Å². The molecule has 0 spiro atoms. The summed E-state index contributed by atoms with van der Waals surface area (Å²) in [4.78, 5) is 18.2. The van der Waals surface area contributed by atoms with Crippen LogP contribution in [0.25, 0.3) is 0 Å². The van der Waals surface area contributed by atoms with Crippen LogP contribution < -0.4 is 11.1 Å². The first-order chi connectivity index (χ1) is 8.97. The van der Waals surface area contributed by atoms with Gasteiger partial charge in [-0.2, -0.15) is 0 Å². The average Bonchev–Trinajstić information content (AvgIpc) is 2.38. The Labute approximate surface area is 119 Å². The molecule has 0 aliphatic rings. The lowest BCUT2D eigenvalue weighted by Gasteiger charge is -2.23. The second-order valence-corrected chi connectivity index (χ2v) is 4.84. The summed E-state index contributed by atoms with van der Waals surface area (Å²) in [7, 11) is 0. The SMILES string of the molecule is CCN(CC)CC(C)NC(=O)c1cc(Cl)ncc1N. The molecule has 0 saturated carbocycles. The van der Waals surface area contributed by atoms with Crippen molar-refractivity contribution in [1.82, 2.24) is 15.2 Å². The first-order valence-corrected chi connectivity index (χ1v) is 6.79. The molecule has 1 amide bonds. The summed E-state index contributed by atoms with van der Waals surface area (Å²) in [5.41, 5.74) is 6.42. The number of aromatic nitrogens is 1. The topological polar surface area (TPSA) is 71.2 Å². The molecule has 0 radical (unpaired) electrons. The summed E-state index contributed by atoms with van der Waals surface area (Å²) >= 11 is 5.77. The van der Waals surface area contributed by atoms with Gasteiger partial charge in [-0.15, -0.1) is 0 Å². The van der Waals surface area contributed by atoms with Crippen LogP contribution in [-0.4, -0.2) is 41.5 Å². The molecule has 106 valence electrons. The van der Waals surface area contributed by atoms with Crippen molar-refractivity contribution in [1.29, 1.82) is 0 Å². The van der Waals surface area contributed by atoms with Crippen molar-refractivity contribution in [3.05, 3.63) is 23.0 Å². The Bertz CT molecular complexity index is 435. The highest BCUT2D eigenvalue weighted by Gasteiger charge is 2.15. The highest BCUT2D eigenvalue weighted by Crippen LogP contribution is 2.14. The van der Waals surface area contributed by atoms with E-state index in [1.54, 1.807) is 0 Å². The van der Waals surface area contributed by atoms with Gasteiger partial charge in [0.05, 0.1) is 17.4 Å². The number of hydrogen-bond acceptors (Lipinski definition) is 4. The number of anilines is 1. The number of hydrogen-bond donors (Lipinski definition) is 2. The Morgan fingerprint density at radius 2 is 2.16 bits per heavy atom. The molecule has 1 atom stereocenters. The Hall–Kier alpha value is -1.33. The van der Waals surface area contributed by atoms with Crippen LogP contribution in [0, 0.1) is 0 Å².